The van der Waals surface area contributed by atoms with Crippen molar-refractivity contribution in [3.05, 3.63) is 101 Å². The minimum Gasteiger partial charge on any atom is -0.307 e. The fraction of sp³-hybridized carbons (Fsp3) is 0.130. The Morgan fingerprint density at radius 1 is 0.767 bits per heavy atom. The van der Waals surface area contributed by atoms with Gasteiger partial charge < -0.3 is 5.32 Å². The first-order chi connectivity index (χ1) is 14.6. The zero-order chi connectivity index (χ0) is 21.0. The second-order valence-electron chi connectivity index (χ2n) is 6.68. The topological polar surface area (TPSA) is 49.4 Å². The van der Waals surface area contributed by atoms with Gasteiger partial charge in [-0.05, 0) is 23.3 Å². The number of nitrogens with zero attached hydrogens (tertiary/aromatic N) is 1. The lowest BCUT2D eigenvalue weighted by Crippen LogP contribution is -2.47. The van der Waals surface area contributed by atoms with Gasteiger partial charge in [-0.15, -0.1) is 0 Å². The number of carbonyl (C=O) groups is 2. The minimum atomic E-state index is -1.01. The Morgan fingerprint density at radius 3 is 1.80 bits per heavy atom. The van der Waals surface area contributed by atoms with E-state index in [1.807, 2.05) is 66.7 Å². The molecule has 0 saturated carbocycles. The van der Waals surface area contributed by atoms with Crippen LogP contribution in [0.5, 0.6) is 0 Å². The van der Waals surface area contributed by atoms with Gasteiger partial charge in [-0.3, -0.25) is 14.5 Å². The summed E-state index contributed by atoms with van der Waals surface area (Å²) in [6.45, 7) is 0. The SMILES string of the molecule is O=C1NC(SCc2ccccc2)(SCc2ccccc2)N(c2ccccc2Cl)C1=O. The van der Waals surface area contributed by atoms with E-state index in [9.17, 15) is 9.59 Å². The molecule has 0 atom stereocenters. The number of anilines is 1. The largest absolute Gasteiger partial charge is 0.319 e. The van der Waals surface area contributed by atoms with Crippen LogP contribution in [0.4, 0.5) is 5.69 Å². The van der Waals surface area contributed by atoms with Gasteiger partial charge >= 0.3 is 11.8 Å². The summed E-state index contributed by atoms with van der Waals surface area (Å²) >= 11 is 9.43. The maximum absolute atomic E-state index is 12.9. The Bertz CT molecular complexity index is 1000. The monoisotopic (exact) mass is 454 g/mol. The third kappa shape index (κ3) is 4.36. The average Bonchev–Trinajstić information content (AvgIpc) is 3.03. The van der Waals surface area contributed by atoms with Crippen molar-refractivity contribution in [2.24, 2.45) is 0 Å². The smallest absolute Gasteiger partial charge is 0.307 e. The van der Waals surface area contributed by atoms with Crippen LogP contribution in [0.15, 0.2) is 84.9 Å². The summed E-state index contributed by atoms with van der Waals surface area (Å²) in [7, 11) is 0. The number of carbonyl (C=O) groups excluding carboxylic acids is 2. The van der Waals surface area contributed by atoms with Gasteiger partial charge in [-0.25, -0.2) is 0 Å². The first kappa shape index (κ1) is 20.8. The van der Waals surface area contributed by atoms with E-state index in [2.05, 4.69) is 5.32 Å². The van der Waals surface area contributed by atoms with Gasteiger partial charge in [0.1, 0.15) is 0 Å². The second kappa shape index (κ2) is 9.16. The van der Waals surface area contributed by atoms with Crippen molar-refractivity contribution in [1.82, 2.24) is 5.32 Å². The Hall–Kier alpha value is -2.41. The third-order valence-corrected chi connectivity index (χ3v) is 7.95. The molecule has 3 aromatic carbocycles. The minimum absolute atomic E-state index is 0.423. The van der Waals surface area contributed by atoms with Gasteiger partial charge in [-0.2, -0.15) is 0 Å². The molecule has 0 radical (unpaired) electrons. The van der Waals surface area contributed by atoms with Crippen LogP contribution in [0.3, 0.4) is 0 Å². The molecule has 30 heavy (non-hydrogen) atoms. The molecular weight excluding hydrogens is 436 g/mol. The molecule has 3 aromatic rings. The van der Waals surface area contributed by atoms with Crippen molar-refractivity contribution >= 4 is 52.6 Å². The van der Waals surface area contributed by atoms with Crippen molar-refractivity contribution in [3.8, 4) is 0 Å². The van der Waals surface area contributed by atoms with Crippen molar-refractivity contribution in [2.75, 3.05) is 4.90 Å². The third-order valence-electron chi connectivity index (χ3n) is 4.61. The maximum Gasteiger partial charge on any atom is 0.319 e. The predicted molar refractivity (Wildman–Crippen MR) is 125 cm³/mol. The normalized spacial score (nSPS) is 15.3. The first-order valence-corrected chi connectivity index (χ1v) is 11.7. The van der Waals surface area contributed by atoms with Crippen molar-refractivity contribution < 1.29 is 9.59 Å². The van der Waals surface area contributed by atoms with Crippen LogP contribution < -0.4 is 10.2 Å². The fourth-order valence-corrected chi connectivity index (χ4v) is 6.11. The van der Waals surface area contributed by atoms with E-state index in [0.29, 0.717) is 22.2 Å². The highest BCUT2D eigenvalue weighted by Crippen LogP contribution is 2.47. The summed E-state index contributed by atoms with van der Waals surface area (Å²) < 4.78 is -1.01. The van der Waals surface area contributed by atoms with Crippen LogP contribution in [0.2, 0.25) is 5.02 Å². The summed E-state index contributed by atoms with van der Waals surface area (Å²) in [6, 6.07) is 27.0. The highest BCUT2D eigenvalue weighted by atomic mass is 35.5. The molecule has 1 aliphatic heterocycles. The quantitative estimate of drug-likeness (QED) is 0.389. The van der Waals surface area contributed by atoms with Crippen LogP contribution in [0, 0.1) is 0 Å². The Balaban J connectivity index is 1.70. The van der Waals surface area contributed by atoms with E-state index in [0.717, 1.165) is 11.1 Å². The molecule has 1 heterocycles. The summed E-state index contributed by atoms with van der Waals surface area (Å²) in [5.41, 5.74) is 2.73. The van der Waals surface area contributed by atoms with Crippen molar-refractivity contribution in [3.63, 3.8) is 0 Å². The molecule has 1 N–H and O–H groups in total. The van der Waals surface area contributed by atoms with Gasteiger partial charge in [0.05, 0.1) is 10.7 Å². The summed E-state index contributed by atoms with van der Waals surface area (Å²) in [5.74, 6) is 0.00847. The zero-order valence-corrected chi connectivity index (χ0v) is 18.3. The van der Waals surface area contributed by atoms with E-state index >= 15 is 0 Å². The van der Waals surface area contributed by atoms with E-state index < -0.39 is 16.1 Å². The fourth-order valence-electron chi connectivity index (χ4n) is 3.14. The number of amides is 2. The lowest BCUT2D eigenvalue weighted by molar-refractivity contribution is -0.134. The molecule has 1 saturated heterocycles. The van der Waals surface area contributed by atoms with E-state index in [4.69, 9.17) is 11.6 Å². The van der Waals surface area contributed by atoms with Crippen LogP contribution in [0.1, 0.15) is 11.1 Å². The van der Waals surface area contributed by atoms with Crippen molar-refractivity contribution in [2.45, 2.75) is 15.8 Å². The molecule has 0 spiro atoms. The number of hydrogen-bond acceptors (Lipinski definition) is 4. The number of hydrogen-bond donors (Lipinski definition) is 1. The molecule has 4 rings (SSSR count). The molecule has 0 aliphatic carbocycles. The van der Waals surface area contributed by atoms with Crippen LogP contribution in [0.25, 0.3) is 0 Å². The summed E-state index contributed by atoms with van der Waals surface area (Å²) in [4.78, 5) is 27.0. The molecule has 1 fully saturated rings. The van der Waals surface area contributed by atoms with E-state index in [1.54, 1.807) is 18.2 Å². The summed E-state index contributed by atoms with van der Waals surface area (Å²) in [6.07, 6.45) is 0. The van der Waals surface area contributed by atoms with Crippen molar-refractivity contribution in [1.29, 1.82) is 0 Å². The molecule has 7 heteroatoms. The molecule has 1 aliphatic rings. The lowest BCUT2D eigenvalue weighted by atomic mass is 10.2. The molecule has 2 amide bonds. The predicted octanol–water partition coefficient (Wildman–Crippen LogP) is 5.28. The van der Waals surface area contributed by atoms with Crippen LogP contribution in [-0.4, -0.2) is 16.1 Å². The lowest BCUT2D eigenvalue weighted by Gasteiger charge is -2.36. The number of rotatable bonds is 7. The molecule has 0 unspecified atom stereocenters. The number of benzene rings is 3. The Kier molecular flexibility index (Phi) is 6.37. The highest BCUT2D eigenvalue weighted by Gasteiger charge is 2.52. The molecular formula is C23H19ClN2O2S2. The van der Waals surface area contributed by atoms with Gasteiger partial charge in [0.25, 0.3) is 0 Å². The zero-order valence-electron chi connectivity index (χ0n) is 16.0. The standard InChI is InChI=1S/C23H19ClN2O2S2/c24-19-13-7-8-14-20(19)26-22(28)21(27)25-23(26,29-15-17-9-3-1-4-10-17)30-16-18-11-5-2-6-12-18/h1-14H,15-16H2,(H,25,27). The van der Waals surface area contributed by atoms with Gasteiger partial charge in [-0.1, -0.05) is 108 Å². The summed E-state index contributed by atoms with van der Waals surface area (Å²) in [5, 5.41) is 3.36. The van der Waals surface area contributed by atoms with Gasteiger partial charge in [0.15, 0.2) is 0 Å². The van der Waals surface area contributed by atoms with E-state index in [-0.39, 0.29) is 0 Å². The Morgan fingerprint density at radius 2 is 1.27 bits per heavy atom. The molecule has 0 bridgehead atoms. The van der Waals surface area contributed by atoms with Crippen LogP contribution >= 0.6 is 35.1 Å². The number of nitrogens with one attached hydrogen (secondary N) is 1. The Labute approximate surface area is 189 Å². The average molecular weight is 455 g/mol. The molecule has 0 aromatic heterocycles. The van der Waals surface area contributed by atoms with E-state index in [1.165, 1.54) is 28.4 Å². The van der Waals surface area contributed by atoms with Crippen LogP contribution in [-0.2, 0) is 21.1 Å². The number of para-hydroxylation sites is 1. The van der Waals surface area contributed by atoms with Gasteiger partial charge in [0, 0.05) is 11.5 Å². The first-order valence-electron chi connectivity index (χ1n) is 9.36. The number of halogens is 1. The molecule has 4 nitrogen and oxygen atoms in total. The molecule has 152 valence electrons. The maximum atomic E-state index is 12.9. The second-order valence-corrected chi connectivity index (χ2v) is 9.68. The highest BCUT2D eigenvalue weighted by molar-refractivity contribution is 8.17. The number of thioether (sulfide) groups is 2. The van der Waals surface area contributed by atoms with Gasteiger partial charge in [0.2, 0.25) is 4.33 Å².